The molecule has 0 spiro atoms. The van der Waals surface area contributed by atoms with Gasteiger partial charge in [-0.1, -0.05) is 94.8 Å². The van der Waals surface area contributed by atoms with E-state index in [1.54, 1.807) is 5.56 Å². The van der Waals surface area contributed by atoms with E-state index < -0.39 is 0 Å². The van der Waals surface area contributed by atoms with Gasteiger partial charge in [-0.3, -0.25) is 0 Å². The minimum Gasteiger partial charge on any atom is -0.0654 e. The van der Waals surface area contributed by atoms with Crippen LogP contribution in [0.5, 0.6) is 0 Å². The zero-order valence-corrected chi connectivity index (χ0v) is 16.3. The third-order valence-electron chi connectivity index (χ3n) is 6.39. The number of benzene rings is 2. The van der Waals surface area contributed by atoms with Gasteiger partial charge in [0.25, 0.3) is 0 Å². The zero-order valence-electron chi connectivity index (χ0n) is 16.3. The largest absolute Gasteiger partial charge is 0.0654 e. The Balaban J connectivity index is 1.74. The van der Waals surface area contributed by atoms with Gasteiger partial charge in [0.1, 0.15) is 0 Å². The average Bonchev–Trinajstić information content (AvgIpc) is 2.85. The lowest BCUT2D eigenvalue weighted by atomic mass is 9.82. The van der Waals surface area contributed by atoms with Crippen LogP contribution in [0.2, 0.25) is 0 Å². The second kappa shape index (κ2) is 9.41. The topological polar surface area (TPSA) is 0 Å². The Labute approximate surface area is 155 Å². The van der Waals surface area contributed by atoms with E-state index in [0.717, 1.165) is 17.8 Å². The van der Waals surface area contributed by atoms with Gasteiger partial charge in [-0.15, -0.1) is 0 Å². The van der Waals surface area contributed by atoms with Crippen molar-refractivity contribution in [3.05, 3.63) is 48.0 Å². The fourth-order valence-electron chi connectivity index (χ4n) is 4.94. The quantitative estimate of drug-likeness (QED) is 0.448. The van der Waals surface area contributed by atoms with Crippen LogP contribution in [-0.4, -0.2) is 0 Å². The van der Waals surface area contributed by atoms with E-state index in [0.29, 0.717) is 0 Å². The number of unbranched alkanes of at least 4 members (excludes halogenated alkanes) is 1. The number of hydrogen-bond acceptors (Lipinski definition) is 0. The van der Waals surface area contributed by atoms with Crippen LogP contribution in [0.4, 0.5) is 0 Å². The van der Waals surface area contributed by atoms with Crippen LogP contribution >= 0.6 is 0 Å². The first-order chi connectivity index (χ1) is 12.3. The molecule has 0 amide bonds. The van der Waals surface area contributed by atoms with Crippen LogP contribution in [0.1, 0.15) is 89.5 Å². The van der Waals surface area contributed by atoms with E-state index in [-0.39, 0.29) is 0 Å². The van der Waals surface area contributed by atoms with E-state index in [1.165, 1.54) is 75.0 Å². The summed E-state index contributed by atoms with van der Waals surface area (Å²) in [5, 5.41) is 2.89. The molecule has 0 N–H and O–H groups in total. The summed E-state index contributed by atoms with van der Waals surface area (Å²) >= 11 is 0. The molecule has 0 aliphatic heterocycles. The van der Waals surface area contributed by atoms with Crippen molar-refractivity contribution in [2.75, 3.05) is 0 Å². The molecule has 0 aromatic heterocycles. The van der Waals surface area contributed by atoms with Crippen LogP contribution in [0.3, 0.4) is 0 Å². The van der Waals surface area contributed by atoms with Crippen LogP contribution in [-0.2, 0) is 0 Å². The monoisotopic (exact) mass is 336 g/mol. The lowest BCUT2D eigenvalue weighted by molar-refractivity contribution is 0.350. The summed E-state index contributed by atoms with van der Waals surface area (Å²) in [7, 11) is 0. The smallest absolute Gasteiger partial charge is 0.0149 e. The van der Waals surface area contributed by atoms with E-state index in [1.807, 2.05) is 0 Å². The average molecular weight is 337 g/mol. The Morgan fingerprint density at radius 3 is 2.64 bits per heavy atom. The van der Waals surface area contributed by atoms with Crippen LogP contribution in [0, 0.1) is 11.8 Å². The molecule has 0 saturated heterocycles. The van der Waals surface area contributed by atoms with Crippen molar-refractivity contribution in [2.24, 2.45) is 11.8 Å². The lowest BCUT2D eigenvalue weighted by Crippen LogP contribution is -2.07. The van der Waals surface area contributed by atoms with E-state index >= 15 is 0 Å². The maximum atomic E-state index is 2.47. The highest BCUT2D eigenvalue weighted by Crippen LogP contribution is 2.37. The second-order valence-corrected chi connectivity index (χ2v) is 8.48. The minimum absolute atomic E-state index is 0.740. The Kier molecular flexibility index (Phi) is 6.96. The van der Waals surface area contributed by atoms with Crippen molar-refractivity contribution in [3.8, 4) is 0 Å². The van der Waals surface area contributed by atoms with Gasteiger partial charge < -0.3 is 0 Å². The molecule has 0 heteroatoms. The fraction of sp³-hybridized carbons (Fsp3) is 0.600. The Bertz CT molecular complexity index is 636. The third kappa shape index (κ3) is 5.09. The predicted octanol–water partition coefficient (Wildman–Crippen LogP) is 8.11. The van der Waals surface area contributed by atoms with Crippen LogP contribution < -0.4 is 0 Å². The number of hydrogen-bond donors (Lipinski definition) is 0. The highest BCUT2D eigenvalue weighted by Gasteiger charge is 2.20. The summed E-state index contributed by atoms with van der Waals surface area (Å²) in [6, 6.07) is 15.9. The molecule has 0 bridgehead atoms. The maximum absolute atomic E-state index is 2.47. The zero-order chi connectivity index (χ0) is 17.5. The molecule has 0 nitrogen and oxygen atoms in total. The minimum atomic E-state index is 0.740. The maximum Gasteiger partial charge on any atom is -0.0149 e. The molecule has 0 heterocycles. The molecular formula is C25H36. The third-order valence-corrected chi connectivity index (χ3v) is 6.39. The molecule has 1 fully saturated rings. The summed E-state index contributed by atoms with van der Waals surface area (Å²) in [5.74, 6) is 2.65. The van der Waals surface area contributed by atoms with Gasteiger partial charge in [0.2, 0.25) is 0 Å². The van der Waals surface area contributed by atoms with Crippen molar-refractivity contribution >= 4 is 10.8 Å². The first kappa shape index (κ1) is 18.5. The van der Waals surface area contributed by atoms with E-state index in [9.17, 15) is 0 Å². The summed E-state index contributed by atoms with van der Waals surface area (Å²) in [5.41, 5.74) is 1.60. The van der Waals surface area contributed by atoms with Gasteiger partial charge in [-0.05, 0) is 59.8 Å². The normalized spacial score (nSPS) is 22.6. The molecule has 1 aliphatic carbocycles. The molecule has 3 unspecified atom stereocenters. The highest BCUT2D eigenvalue weighted by atomic mass is 14.3. The first-order valence-corrected chi connectivity index (χ1v) is 10.8. The molecule has 0 radical (unpaired) electrons. The van der Waals surface area contributed by atoms with Crippen molar-refractivity contribution < 1.29 is 0 Å². The Hall–Kier alpha value is -1.30. The predicted molar refractivity (Wildman–Crippen MR) is 111 cm³/mol. The Morgan fingerprint density at radius 2 is 1.76 bits per heavy atom. The number of fused-ring (bicyclic) bond motifs is 1. The molecule has 2 aromatic rings. The van der Waals surface area contributed by atoms with Gasteiger partial charge in [0.15, 0.2) is 0 Å². The number of rotatable bonds is 7. The molecule has 1 saturated carbocycles. The lowest BCUT2D eigenvalue weighted by Gasteiger charge is -2.23. The van der Waals surface area contributed by atoms with Crippen LogP contribution in [0.25, 0.3) is 10.8 Å². The molecule has 1 aliphatic rings. The van der Waals surface area contributed by atoms with Gasteiger partial charge >= 0.3 is 0 Å². The molecular weight excluding hydrogens is 300 g/mol. The molecule has 3 atom stereocenters. The van der Waals surface area contributed by atoms with E-state index in [4.69, 9.17) is 0 Å². The van der Waals surface area contributed by atoms with Gasteiger partial charge in [0, 0.05) is 0 Å². The van der Waals surface area contributed by atoms with Gasteiger partial charge in [-0.2, -0.15) is 0 Å². The van der Waals surface area contributed by atoms with Crippen molar-refractivity contribution in [2.45, 2.75) is 84.0 Å². The summed E-state index contributed by atoms with van der Waals surface area (Å²) in [4.78, 5) is 0. The van der Waals surface area contributed by atoms with Crippen LogP contribution in [0.15, 0.2) is 42.5 Å². The highest BCUT2D eigenvalue weighted by molar-refractivity contribution is 5.86. The van der Waals surface area contributed by atoms with Gasteiger partial charge in [-0.25, -0.2) is 0 Å². The van der Waals surface area contributed by atoms with Gasteiger partial charge in [0.05, 0.1) is 0 Å². The summed E-state index contributed by atoms with van der Waals surface area (Å²) < 4.78 is 0. The standard InChI is InChI=1S/C25H36/c1-3-4-12-23(18-17-21-11-6-5-10-20(2)19-21)25-16-9-14-22-13-7-8-15-24(22)25/h7-9,13-16,20-21,23H,3-6,10-12,17-19H2,1-2H3. The van der Waals surface area contributed by atoms with E-state index in [2.05, 4.69) is 56.3 Å². The van der Waals surface area contributed by atoms with Crippen molar-refractivity contribution in [1.29, 1.82) is 0 Å². The molecule has 136 valence electrons. The Morgan fingerprint density at radius 1 is 0.960 bits per heavy atom. The fourth-order valence-corrected chi connectivity index (χ4v) is 4.94. The molecule has 2 aromatic carbocycles. The summed E-state index contributed by atoms with van der Waals surface area (Å²) in [6.45, 7) is 4.80. The second-order valence-electron chi connectivity index (χ2n) is 8.48. The molecule has 3 rings (SSSR count). The molecule has 25 heavy (non-hydrogen) atoms. The first-order valence-electron chi connectivity index (χ1n) is 10.8. The summed E-state index contributed by atoms with van der Waals surface area (Å²) in [6.07, 6.45) is 14.1. The van der Waals surface area contributed by atoms with Crippen molar-refractivity contribution in [1.82, 2.24) is 0 Å². The van der Waals surface area contributed by atoms with Crippen molar-refractivity contribution in [3.63, 3.8) is 0 Å². The SMILES string of the molecule is CCCCC(CCC1CCCCC(C)C1)c1cccc2ccccc12.